The molecule has 3 heteroatoms. The van der Waals surface area contributed by atoms with Crippen LogP contribution in [0.25, 0.3) is 0 Å². The van der Waals surface area contributed by atoms with E-state index in [-0.39, 0.29) is 0 Å². The van der Waals surface area contributed by atoms with E-state index in [2.05, 4.69) is 121 Å². The minimum atomic E-state index is -2.31. The third-order valence-electron chi connectivity index (χ3n) is 4.13. The zero-order valence-corrected chi connectivity index (χ0v) is 20.0. The van der Waals surface area contributed by atoms with Crippen LogP contribution in [0.15, 0.2) is 121 Å². The number of hydrogen-bond donors (Lipinski definition) is 0. The van der Waals surface area contributed by atoms with Gasteiger partial charge in [-0.25, -0.2) is 0 Å². The topological polar surface area (TPSA) is 9.23 Å². The third-order valence-corrected chi connectivity index (χ3v) is 20.1. The zero-order chi connectivity index (χ0) is 18.3. The summed E-state index contributed by atoms with van der Waals surface area (Å²) in [7, 11) is 0. The van der Waals surface area contributed by atoms with Gasteiger partial charge in [0.05, 0.1) is 0 Å². The molecule has 4 aromatic rings. The molecule has 0 saturated carbocycles. The summed E-state index contributed by atoms with van der Waals surface area (Å²) in [5.74, 6) is 0. The van der Waals surface area contributed by atoms with Crippen LogP contribution in [0.1, 0.15) is 0 Å². The molecule has 27 heavy (non-hydrogen) atoms. The van der Waals surface area contributed by atoms with Crippen molar-refractivity contribution in [3.8, 4) is 0 Å². The van der Waals surface area contributed by atoms with Gasteiger partial charge in [-0.05, 0) is 0 Å². The summed E-state index contributed by atoms with van der Waals surface area (Å²) in [5, 5.41) is 0. The van der Waals surface area contributed by atoms with Crippen LogP contribution in [0.3, 0.4) is 0 Å². The van der Waals surface area contributed by atoms with Gasteiger partial charge in [0.1, 0.15) is 0 Å². The first kappa shape index (κ1) is 18.8. The van der Waals surface area contributed by atoms with Crippen molar-refractivity contribution in [3.05, 3.63) is 121 Å². The van der Waals surface area contributed by atoms with Crippen molar-refractivity contribution >= 4 is 55.3 Å². The SMILES string of the molecule is c1cc[c]([Sb]([O][Sb]([c]2ccccc2)[c]2ccccc2)[c]2ccccc2)cc1. The second-order valence-corrected chi connectivity index (χ2v) is 18.9. The molecule has 132 valence electrons. The first-order valence-electron chi connectivity index (χ1n) is 8.90. The van der Waals surface area contributed by atoms with Gasteiger partial charge >= 0.3 is 178 Å². The molecule has 0 atom stereocenters. The Morgan fingerprint density at radius 3 is 0.778 bits per heavy atom. The van der Waals surface area contributed by atoms with Crippen LogP contribution in [0, 0.1) is 0 Å². The molecule has 0 heterocycles. The Morgan fingerprint density at radius 2 is 0.556 bits per heavy atom. The molecule has 0 unspecified atom stereocenters. The number of benzene rings is 4. The van der Waals surface area contributed by atoms with Gasteiger partial charge in [0.25, 0.3) is 0 Å². The molecule has 0 fully saturated rings. The van der Waals surface area contributed by atoms with Gasteiger partial charge < -0.3 is 0 Å². The molecule has 0 saturated heterocycles. The number of hydrogen-bond acceptors (Lipinski definition) is 1. The molecule has 0 bridgehead atoms. The van der Waals surface area contributed by atoms with Gasteiger partial charge in [0, 0.05) is 0 Å². The fourth-order valence-corrected chi connectivity index (χ4v) is 21.5. The van der Waals surface area contributed by atoms with Crippen LogP contribution in [0.5, 0.6) is 0 Å². The Kier molecular flexibility index (Phi) is 6.70. The van der Waals surface area contributed by atoms with Crippen molar-refractivity contribution in [2.45, 2.75) is 0 Å². The van der Waals surface area contributed by atoms with Crippen molar-refractivity contribution in [2.24, 2.45) is 0 Å². The van der Waals surface area contributed by atoms with Crippen molar-refractivity contribution in [2.75, 3.05) is 0 Å². The molecule has 0 aromatic heterocycles. The molecule has 0 amide bonds. The minimum absolute atomic E-state index is 1.38. The Bertz CT molecular complexity index is 785. The summed E-state index contributed by atoms with van der Waals surface area (Å²) in [4.78, 5) is 0. The van der Waals surface area contributed by atoms with E-state index in [1.807, 2.05) is 0 Å². The molecule has 0 aliphatic rings. The molecule has 0 aliphatic heterocycles. The van der Waals surface area contributed by atoms with E-state index in [1.54, 1.807) is 0 Å². The summed E-state index contributed by atoms with van der Waals surface area (Å²) in [5.41, 5.74) is 0. The number of rotatable bonds is 6. The van der Waals surface area contributed by atoms with Gasteiger partial charge in [-0.15, -0.1) is 0 Å². The molecule has 0 aliphatic carbocycles. The summed E-state index contributed by atoms with van der Waals surface area (Å²) < 4.78 is 12.7. The van der Waals surface area contributed by atoms with Crippen LogP contribution in [0.2, 0.25) is 0 Å². The van der Waals surface area contributed by atoms with Crippen LogP contribution >= 0.6 is 0 Å². The molecule has 0 N–H and O–H groups in total. The van der Waals surface area contributed by atoms with E-state index in [1.165, 1.54) is 14.0 Å². The van der Waals surface area contributed by atoms with Crippen molar-refractivity contribution < 1.29 is 1.29 Å². The predicted molar refractivity (Wildman–Crippen MR) is 117 cm³/mol. The van der Waals surface area contributed by atoms with Gasteiger partial charge in [0.15, 0.2) is 0 Å². The fourth-order valence-electron chi connectivity index (χ4n) is 2.82. The molecule has 0 radical (unpaired) electrons. The zero-order valence-electron chi connectivity index (χ0n) is 14.8. The molecule has 4 aromatic carbocycles. The van der Waals surface area contributed by atoms with Gasteiger partial charge in [-0.1, -0.05) is 0 Å². The van der Waals surface area contributed by atoms with Crippen molar-refractivity contribution in [3.63, 3.8) is 0 Å². The molecular weight excluding hydrogens is 548 g/mol. The standard InChI is InChI=1S/4C6H5.O.2Sb/c4*1-2-4-6-5-3-1;;;/h4*1-5H;;;. The third kappa shape index (κ3) is 4.85. The van der Waals surface area contributed by atoms with E-state index in [4.69, 9.17) is 1.29 Å². The maximum absolute atomic E-state index is 7.16. The quantitative estimate of drug-likeness (QED) is 0.326. The van der Waals surface area contributed by atoms with Gasteiger partial charge in [0.2, 0.25) is 0 Å². The van der Waals surface area contributed by atoms with Crippen LogP contribution in [0.4, 0.5) is 0 Å². The Hall–Kier alpha value is -1.52. The predicted octanol–water partition coefficient (Wildman–Crippen LogP) is 2.61. The van der Waals surface area contributed by atoms with Gasteiger partial charge in [-0.2, -0.15) is 0 Å². The Labute approximate surface area is 176 Å². The normalized spacial score (nSPS) is 11.0. The van der Waals surface area contributed by atoms with E-state index in [9.17, 15) is 0 Å². The summed E-state index contributed by atoms with van der Waals surface area (Å²) in [6.45, 7) is 0. The van der Waals surface area contributed by atoms with Crippen LogP contribution in [-0.4, -0.2) is 41.3 Å². The van der Waals surface area contributed by atoms with E-state index in [0.29, 0.717) is 0 Å². The first-order valence-corrected chi connectivity index (χ1v) is 16.1. The Balaban J connectivity index is 1.77. The van der Waals surface area contributed by atoms with Gasteiger partial charge in [-0.3, -0.25) is 0 Å². The molecular formula is C24H20OSb2. The molecule has 1 nitrogen and oxygen atoms in total. The average Bonchev–Trinajstić information content (AvgIpc) is 2.77. The fraction of sp³-hybridized carbons (Fsp3) is 0. The average molecular weight is 568 g/mol. The first-order chi connectivity index (χ1) is 13.4. The summed E-state index contributed by atoms with van der Waals surface area (Å²) >= 11 is -4.63. The van der Waals surface area contributed by atoms with E-state index in [0.717, 1.165) is 0 Å². The monoisotopic (exact) mass is 566 g/mol. The van der Waals surface area contributed by atoms with Crippen LogP contribution in [-0.2, 0) is 1.29 Å². The van der Waals surface area contributed by atoms with Crippen molar-refractivity contribution in [1.29, 1.82) is 0 Å². The second-order valence-electron chi connectivity index (χ2n) is 6.01. The van der Waals surface area contributed by atoms with E-state index >= 15 is 0 Å². The van der Waals surface area contributed by atoms with Crippen molar-refractivity contribution in [1.82, 2.24) is 0 Å². The second kappa shape index (κ2) is 9.60. The summed E-state index contributed by atoms with van der Waals surface area (Å²) in [6.07, 6.45) is 0. The molecule has 4 rings (SSSR count). The Morgan fingerprint density at radius 1 is 0.333 bits per heavy atom. The van der Waals surface area contributed by atoms with E-state index < -0.39 is 41.3 Å². The van der Waals surface area contributed by atoms with Crippen LogP contribution < -0.4 is 14.0 Å². The molecule has 0 spiro atoms. The maximum atomic E-state index is 7.16. The summed E-state index contributed by atoms with van der Waals surface area (Å²) in [6, 6.07) is 43.3.